The van der Waals surface area contributed by atoms with Crippen molar-refractivity contribution in [2.24, 2.45) is 0 Å². The normalized spacial score (nSPS) is 11.9. The number of carbonyl (C=O) groups excluding carboxylic acids is 2. The van der Waals surface area contributed by atoms with Crippen LogP contribution >= 0.6 is 15.9 Å². The number of halogens is 1. The minimum atomic E-state index is -0.797. The summed E-state index contributed by atoms with van der Waals surface area (Å²) in [6.07, 6.45) is 0.334. The number of methoxy groups -OCH3 is 1. The van der Waals surface area contributed by atoms with E-state index in [1.165, 1.54) is 7.11 Å². The number of benzene rings is 4. The van der Waals surface area contributed by atoms with E-state index in [0.29, 0.717) is 12.0 Å². The highest BCUT2D eigenvalue weighted by atomic mass is 79.9. The van der Waals surface area contributed by atoms with E-state index in [1.807, 2.05) is 72.8 Å². The molecule has 0 aliphatic heterocycles. The van der Waals surface area contributed by atoms with E-state index < -0.39 is 12.0 Å². The third-order valence-corrected chi connectivity index (χ3v) is 5.61. The number of ether oxygens (including phenoxy) is 1. The van der Waals surface area contributed by atoms with Crippen LogP contribution in [0.2, 0.25) is 0 Å². The van der Waals surface area contributed by atoms with Crippen molar-refractivity contribution in [1.29, 1.82) is 0 Å². The predicted molar refractivity (Wildman–Crippen MR) is 123 cm³/mol. The summed E-state index contributed by atoms with van der Waals surface area (Å²) in [4.78, 5) is 25.9. The SMILES string of the molecule is COC(=O)[C@@H](Cc1cccc(Br)c1)NC(=O)c1c2ccccc2cc2ccccc12. The van der Waals surface area contributed by atoms with Gasteiger partial charge in [0.1, 0.15) is 6.04 Å². The van der Waals surface area contributed by atoms with E-state index in [0.717, 1.165) is 31.6 Å². The third-order valence-electron chi connectivity index (χ3n) is 5.12. The summed E-state index contributed by atoms with van der Waals surface area (Å²) < 4.78 is 5.87. The minimum Gasteiger partial charge on any atom is -0.467 e. The maximum atomic E-state index is 13.4. The first kappa shape index (κ1) is 20.1. The van der Waals surface area contributed by atoms with Crippen molar-refractivity contribution in [3.63, 3.8) is 0 Å². The Hall–Kier alpha value is -3.18. The van der Waals surface area contributed by atoms with Crippen molar-refractivity contribution in [3.05, 3.63) is 94.5 Å². The van der Waals surface area contributed by atoms with E-state index in [2.05, 4.69) is 27.3 Å². The van der Waals surface area contributed by atoms with E-state index >= 15 is 0 Å². The Labute approximate surface area is 183 Å². The fourth-order valence-corrected chi connectivity index (χ4v) is 4.17. The van der Waals surface area contributed by atoms with E-state index in [-0.39, 0.29) is 5.91 Å². The molecule has 0 radical (unpaired) electrons. The molecule has 4 nitrogen and oxygen atoms in total. The molecule has 0 fully saturated rings. The van der Waals surface area contributed by atoms with Crippen molar-refractivity contribution < 1.29 is 14.3 Å². The number of hydrogen-bond donors (Lipinski definition) is 1. The van der Waals surface area contributed by atoms with Gasteiger partial charge in [-0.2, -0.15) is 0 Å². The molecule has 0 aliphatic carbocycles. The van der Waals surface area contributed by atoms with Gasteiger partial charge in [0.05, 0.1) is 12.7 Å². The van der Waals surface area contributed by atoms with Crippen LogP contribution in [0.1, 0.15) is 15.9 Å². The van der Waals surface area contributed by atoms with Gasteiger partial charge in [0.2, 0.25) is 0 Å². The summed E-state index contributed by atoms with van der Waals surface area (Å²) in [6, 6.07) is 24.5. The minimum absolute atomic E-state index is 0.298. The van der Waals surface area contributed by atoms with Crippen LogP contribution in [-0.4, -0.2) is 25.0 Å². The van der Waals surface area contributed by atoms with Gasteiger partial charge in [0.15, 0.2) is 0 Å². The van der Waals surface area contributed by atoms with Crippen LogP contribution in [0.15, 0.2) is 83.3 Å². The summed E-state index contributed by atoms with van der Waals surface area (Å²) in [5.74, 6) is -0.777. The molecule has 1 N–H and O–H groups in total. The number of rotatable bonds is 5. The molecule has 1 amide bonds. The zero-order valence-electron chi connectivity index (χ0n) is 16.4. The van der Waals surface area contributed by atoms with Crippen LogP contribution in [0.25, 0.3) is 21.5 Å². The summed E-state index contributed by atoms with van der Waals surface area (Å²) in [5, 5.41) is 6.55. The standard InChI is InChI=1S/C25H20BrNO3/c1-30-25(29)22(14-16-7-6-10-19(26)13-16)27-24(28)23-20-11-4-2-8-17(20)15-18-9-3-5-12-21(18)23/h2-13,15,22H,14H2,1H3,(H,27,28)/t22-/m1/s1. The Kier molecular flexibility index (Phi) is 5.81. The zero-order valence-corrected chi connectivity index (χ0v) is 18.0. The van der Waals surface area contributed by atoms with Crippen LogP contribution in [0.5, 0.6) is 0 Å². The molecular weight excluding hydrogens is 442 g/mol. The third kappa shape index (κ3) is 4.07. The number of nitrogens with one attached hydrogen (secondary N) is 1. The summed E-state index contributed by atoms with van der Waals surface area (Å²) in [6.45, 7) is 0. The zero-order chi connectivity index (χ0) is 21.1. The number of hydrogen-bond acceptors (Lipinski definition) is 3. The summed E-state index contributed by atoms with van der Waals surface area (Å²) in [7, 11) is 1.33. The van der Waals surface area contributed by atoms with Crippen molar-refractivity contribution in [2.45, 2.75) is 12.5 Å². The number of amides is 1. The fraction of sp³-hybridized carbons (Fsp3) is 0.120. The molecule has 5 heteroatoms. The van der Waals surface area contributed by atoms with Gasteiger partial charge in [-0.15, -0.1) is 0 Å². The topological polar surface area (TPSA) is 55.4 Å². The van der Waals surface area contributed by atoms with Crippen molar-refractivity contribution in [2.75, 3.05) is 7.11 Å². The quantitative estimate of drug-likeness (QED) is 0.325. The Bertz CT molecular complexity index is 1200. The molecular formula is C25H20BrNO3. The molecule has 0 aliphatic rings. The lowest BCUT2D eigenvalue weighted by Crippen LogP contribution is -2.43. The van der Waals surface area contributed by atoms with Crippen LogP contribution in [-0.2, 0) is 16.0 Å². The maximum absolute atomic E-state index is 13.4. The van der Waals surface area contributed by atoms with Crippen molar-refractivity contribution in [3.8, 4) is 0 Å². The van der Waals surface area contributed by atoms with Gasteiger partial charge in [0.25, 0.3) is 5.91 Å². The van der Waals surface area contributed by atoms with Crippen LogP contribution in [0.3, 0.4) is 0 Å². The highest BCUT2D eigenvalue weighted by Crippen LogP contribution is 2.28. The number of esters is 1. The highest BCUT2D eigenvalue weighted by molar-refractivity contribution is 9.10. The molecule has 0 heterocycles. The monoisotopic (exact) mass is 461 g/mol. The Morgan fingerprint density at radius 3 is 2.13 bits per heavy atom. The van der Waals surface area contributed by atoms with Gasteiger partial charge < -0.3 is 10.1 Å². The molecule has 0 bridgehead atoms. The number of fused-ring (bicyclic) bond motifs is 2. The van der Waals surface area contributed by atoms with Gasteiger partial charge in [-0.1, -0.05) is 76.6 Å². The summed E-state index contributed by atoms with van der Waals surface area (Å²) in [5.41, 5.74) is 1.48. The lowest BCUT2D eigenvalue weighted by Gasteiger charge is -2.18. The van der Waals surface area contributed by atoms with Crippen LogP contribution < -0.4 is 5.32 Å². The second-order valence-corrected chi connectivity index (χ2v) is 7.99. The predicted octanol–water partition coefficient (Wildman–Crippen LogP) is 5.27. The number of carbonyl (C=O) groups is 2. The molecule has 0 saturated carbocycles. The van der Waals surface area contributed by atoms with Crippen LogP contribution in [0, 0.1) is 0 Å². The first-order chi connectivity index (χ1) is 14.6. The van der Waals surface area contributed by atoms with E-state index in [1.54, 1.807) is 0 Å². The van der Waals surface area contributed by atoms with Gasteiger partial charge in [0, 0.05) is 10.9 Å². The van der Waals surface area contributed by atoms with E-state index in [4.69, 9.17) is 4.74 Å². The second-order valence-electron chi connectivity index (χ2n) is 7.08. The van der Waals surface area contributed by atoms with Crippen molar-refractivity contribution in [1.82, 2.24) is 5.32 Å². The molecule has 0 spiro atoms. The maximum Gasteiger partial charge on any atom is 0.328 e. The Balaban J connectivity index is 1.75. The van der Waals surface area contributed by atoms with Gasteiger partial charge in [-0.05, 0) is 45.3 Å². The molecule has 4 aromatic carbocycles. The molecule has 1 atom stereocenters. The van der Waals surface area contributed by atoms with Gasteiger partial charge >= 0.3 is 5.97 Å². The van der Waals surface area contributed by atoms with Crippen molar-refractivity contribution >= 4 is 49.4 Å². The average molecular weight is 462 g/mol. The molecule has 0 unspecified atom stereocenters. The first-order valence-electron chi connectivity index (χ1n) is 9.60. The molecule has 0 aromatic heterocycles. The average Bonchev–Trinajstić information content (AvgIpc) is 2.76. The summed E-state index contributed by atoms with van der Waals surface area (Å²) >= 11 is 3.44. The largest absolute Gasteiger partial charge is 0.467 e. The van der Waals surface area contributed by atoms with Gasteiger partial charge in [-0.3, -0.25) is 4.79 Å². The lowest BCUT2D eigenvalue weighted by molar-refractivity contribution is -0.142. The second kappa shape index (κ2) is 8.67. The molecule has 0 saturated heterocycles. The highest BCUT2D eigenvalue weighted by Gasteiger charge is 2.24. The molecule has 30 heavy (non-hydrogen) atoms. The first-order valence-corrected chi connectivity index (χ1v) is 10.4. The molecule has 4 aromatic rings. The fourth-order valence-electron chi connectivity index (χ4n) is 3.72. The van der Waals surface area contributed by atoms with Gasteiger partial charge in [-0.25, -0.2) is 4.79 Å². The molecule has 4 rings (SSSR count). The molecule has 150 valence electrons. The Morgan fingerprint density at radius 1 is 0.900 bits per heavy atom. The lowest BCUT2D eigenvalue weighted by atomic mass is 9.96. The Morgan fingerprint density at radius 2 is 1.53 bits per heavy atom. The smallest absolute Gasteiger partial charge is 0.328 e. The van der Waals surface area contributed by atoms with E-state index in [9.17, 15) is 9.59 Å². The van der Waals surface area contributed by atoms with Crippen LogP contribution in [0.4, 0.5) is 0 Å².